The number of aromatic nitrogens is 2. The van der Waals surface area contributed by atoms with Crippen LogP contribution in [-0.4, -0.2) is 41.0 Å². The van der Waals surface area contributed by atoms with Gasteiger partial charge in [-0.1, -0.05) is 0 Å². The normalized spacial score (nSPS) is 15.3. The van der Waals surface area contributed by atoms with E-state index in [-0.39, 0.29) is 10.6 Å². The maximum absolute atomic E-state index is 11.0. The number of hydrogen-bond acceptors (Lipinski definition) is 5. The molecule has 2 aromatic rings. The van der Waals surface area contributed by atoms with Crippen molar-refractivity contribution in [2.75, 3.05) is 31.2 Å². The third-order valence-corrected chi connectivity index (χ3v) is 3.27. The van der Waals surface area contributed by atoms with Crippen molar-refractivity contribution in [2.45, 2.75) is 0 Å². The first kappa shape index (κ1) is 12.6. The summed E-state index contributed by atoms with van der Waals surface area (Å²) in [5.74, 6) is 0. The molecule has 104 valence electrons. The molecule has 0 aliphatic carbocycles. The van der Waals surface area contributed by atoms with Gasteiger partial charge in [-0.2, -0.15) is 5.10 Å². The van der Waals surface area contributed by atoms with Gasteiger partial charge in [-0.25, -0.2) is 4.68 Å². The maximum Gasteiger partial charge on any atom is 0.271 e. The lowest BCUT2D eigenvalue weighted by Crippen LogP contribution is -2.36. The van der Waals surface area contributed by atoms with E-state index >= 15 is 0 Å². The highest BCUT2D eigenvalue weighted by atomic mass is 16.6. The minimum Gasteiger partial charge on any atom is -0.378 e. The van der Waals surface area contributed by atoms with Gasteiger partial charge in [0.1, 0.15) is 0 Å². The maximum atomic E-state index is 11.0. The Kier molecular flexibility index (Phi) is 3.34. The highest BCUT2D eigenvalue weighted by molar-refractivity contribution is 5.66. The van der Waals surface area contributed by atoms with Crippen molar-refractivity contribution in [3.8, 4) is 5.69 Å². The number of nitro benzene ring substituents is 1. The van der Waals surface area contributed by atoms with Crippen LogP contribution in [0.2, 0.25) is 0 Å². The van der Waals surface area contributed by atoms with E-state index in [2.05, 4.69) is 10.00 Å². The third kappa shape index (κ3) is 2.35. The summed E-state index contributed by atoms with van der Waals surface area (Å²) in [6, 6.07) is 6.66. The van der Waals surface area contributed by atoms with Crippen molar-refractivity contribution in [1.29, 1.82) is 0 Å². The molecule has 1 aromatic heterocycles. The van der Waals surface area contributed by atoms with Crippen LogP contribution in [0.4, 0.5) is 11.4 Å². The number of rotatable bonds is 3. The molecule has 0 saturated carbocycles. The predicted molar refractivity (Wildman–Crippen MR) is 73.3 cm³/mol. The molecular weight excluding hydrogens is 260 g/mol. The highest BCUT2D eigenvalue weighted by Gasteiger charge is 2.19. The lowest BCUT2D eigenvalue weighted by atomic mass is 10.2. The summed E-state index contributed by atoms with van der Waals surface area (Å²) in [7, 11) is 0. The number of nitrogens with zero attached hydrogens (tertiary/aromatic N) is 4. The van der Waals surface area contributed by atoms with Crippen LogP contribution in [0, 0.1) is 10.1 Å². The molecule has 0 atom stereocenters. The molecule has 7 nitrogen and oxygen atoms in total. The predicted octanol–water partition coefficient (Wildman–Crippen LogP) is 1.62. The molecule has 0 unspecified atom stereocenters. The molecule has 0 N–H and O–H groups in total. The fraction of sp³-hybridized carbons (Fsp3) is 0.308. The van der Waals surface area contributed by atoms with Gasteiger partial charge in [0, 0.05) is 37.6 Å². The van der Waals surface area contributed by atoms with E-state index in [4.69, 9.17) is 4.74 Å². The third-order valence-electron chi connectivity index (χ3n) is 3.27. The Morgan fingerprint density at radius 1 is 1.25 bits per heavy atom. The molecular formula is C13H14N4O3. The van der Waals surface area contributed by atoms with Crippen molar-refractivity contribution in [3.63, 3.8) is 0 Å². The number of nitro groups is 1. The van der Waals surface area contributed by atoms with Crippen LogP contribution >= 0.6 is 0 Å². The van der Waals surface area contributed by atoms with Crippen molar-refractivity contribution in [3.05, 3.63) is 46.8 Å². The fourth-order valence-electron chi connectivity index (χ4n) is 2.29. The lowest BCUT2D eigenvalue weighted by Gasteiger charge is -2.30. The number of morpholine rings is 1. The standard InChI is InChI=1S/C13H14N4O3/c18-17(19)11-2-3-12(16-5-1-4-14-16)13(10-11)15-6-8-20-9-7-15/h1-5,10H,6-9H2. The Morgan fingerprint density at radius 3 is 2.70 bits per heavy atom. The Morgan fingerprint density at radius 2 is 2.05 bits per heavy atom. The molecule has 0 bridgehead atoms. The van der Waals surface area contributed by atoms with Gasteiger partial charge in [-0.3, -0.25) is 10.1 Å². The van der Waals surface area contributed by atoms with Crippen LogP contribution in [0.5, 0.6) is 0 Å². The molecule has 7 heteroatoms. The molecule has 1 aromatic carbocycles. The van der Waals surface area contributed by atoms with Crippen LogP contribution in [0.15, 0.2) is 36.7 Å². The summed E-state index contributed by atoms with van der Waals surface area (Å²) < 4.78 is 7.05. The minimum absolute atomic E-state index is 0.0856. The second kappa shape index (κ2) is 5.30. The van der Waals surface area contributed by atoms with Gasteiger partial charge in [-0.05, 0) is 12.1 Å². The molecule has 0 radical (unpaired) electrons. The zero-order valence-electron chi connectivity index (χ0n) is 10.8. The zero-order chi connectivity index (χ0) is 13.9. The molecule has 20 heavy (non-hydrogen) atoms. The summed E-state index contributed by atoms with van der Waals surface area (Å²) in [6.45, 7) is 2.69. The van der Waals surface area contributed by atoms with Crippen molar-refractivity contribution in [2.24, 2.45) is 0 Å². The second-order valence-electron chi connectivity index (χ2n) is 4.48. The van der Waals surface area contributed by atoms with Gasteiger partial charge < -0.3 is 9.64 Å². The topological polar surface area (TPSA) is 73.4 Å². The number of ether oxygens (including phenoxy) is 1. The average molecular weight is 274 g/mol. The van der Waals surface area contributed by atoms with Crippen LogP contribution in [0.3, 0.4) is 0 Å². The van der Waals surface area contributed by atoms with E-state index in [0.29, 0.717) is 13.2 Å². The summed E-state index contributed by atoms with van der Waals surface area (Å²) in [6.07, 6.45) is 3.51. The summed E-state index contributed by atoms with van der Waals surface area (Å²) >= 11 is 0. The van der Waals surface area contributed by atoms with Gasteiger partial charge in [0.2, 0.25) is 0 Å². The molecule has 3 rings (SSSR count). The molecule has 1 fully saturated rings. The molecule has 2 heterocycles. The first-order valence-electron chi connectivity index (χ1n) is 6.37. The van der Waals surface area contributed by atoms with Gasteiger partial charge in [0.05, 0.1) is 29.5 Å². The molecule has 1 saturated heterocycles. The van der Waals surface area contributed by atoms with Crippen LogP contribution in [0.25, 0.3) is 5.69 Å². The molecule has 1 aliphatic rings. The Bertz CT molecular complexity index is 606. The zero-order valence-corrected chi connectivity index (χ0v) is 10.8. The SMILES string of the molecule is O=[N+]([O-])c1ccc(-n2cccn2)c(N2CCOCC2)c1. The van der Waals surface area contributed by atoms with Crippen LogP contribution < -0.4 is 4.90 Å². The lowest BCUT2D eigenvalue weighted by molar-refractivity contribution is -0.384. The first-order chi connectivity index (χ1) is 9.75. The minimum atomic E-state index is -0.378. The summed E-state index contributed by atoms with van der Waals surface area (Å²) in [5.41, 5.74) is 1.73. The number of hydrogen-bond donors (Lipinski definition) is 0. The Hall–Kier alpha value is -2.41. The van der Waals surface area contributed by atoms with E-state index < -0.39 is 0 Å². The van der Waals surface area contributed by atoms with E-state index in [1.54, 1.807) is 23.0 Å². The average Bonchev–Trinajstić information content (AvgIpc) is 3.01. The number of anilines is 1. The molecule has 1 aliphatic heterocycles. The number of benzene rings is 1. The smallest absolute Gasteiger partial charge is 0.271 e. The van der Waals surface area contributed by atoms with E-state index in [9.17, 15) is 10.1 Å². The first-order valence-corrected chi connectivity index (χ1v) is 6.37. The summed E-state index contributed by atoms with van der Waals surface area (Å²) in [5, 5.41) is 15.2. The second-order valence-corrected chi connectivity index (χ2v) is 4.48. The van der Waals surface area contributed by atoms with Crippen molar-refractivity contribution >= 4 is 11.4 Å². The quantitative estimate of drug-likeness (QED) is 0.628. The van der Waals surface area contributed by atoms with E-state index in [1.807, 2.05) is 12.3 Å². The van der Waals surface area contributed by atoms with Crippen molar-refractivity contribution in [1.82, 2.24) is 9.78 Å². The Balaban J connectivity index is 2.06. The fourth-order valence-corrected chi connectivity index (χ4v) is 2.29. The van der Waals surface area contributed by atoms with E-state index in [0.717, 1.165) is 24.5 Å². The highest BCUT2D eigenvalue weighted by Crippen LogP contribution is 2.29. The van der Waals surface area contributed by atoms with Gasteiger partial charge in [0.25, 0.3) is 5.69 Å². The largest absolute Gasteiger partial charge is 0.378 e. The van der Waals surface area contributed by atoms with Crippen molar-refractivity contribution < 1.29 is 9.66 Å². The van der Waals surface area contributed by atoms with E-state index in [1.165, 1.54) is 6.07 Å². The monoisotopic (exact) mass is 274 g/mol. The Labute approximate surface area is 115 Å². The van der Waals surface area contributed by atoms with Gasteiger partial charge in [0.15, 0.2) is 0 Å². The summed E-state index contributed by atoms with van der Waals surface area (Å²) in [4.78, 5) is 12.7. The van der Waals surface area contributed by atoms with Crippen LogP contribution in [0.1, 0.15) is 0 Å². The van der Waals surface area contributed by atoms with Gasteiger partial charge >= 0.3 is 0 Å². The van der Waals surface area contributed by atoms with Crippen LogP contribution in [-0.2, 0) is 4.74 Å². The molecule has 0 spiro atoms. The molecule has 0 amide bonds. The number of non-ortho nitro benzene ring substituents is 1. The van der Waals surface area contributed by atoms with Gasteiger partial charge in [-0.15, -0.1) is 0 Å².